The molecule has 29 heavy (non-hydrogen) atoms. The van der Waals surface area contributed by atoms with E-state index in [-0.39, 0.29) is 11.5 Å². The first-order chi connectivity index (χ1) is 14.0. The molecule has 0 bridgehead atoms. The molecule has 1 aliphatic heterocycles. The van der Waals surface area contributed by atoms with Crippen LogP contribution in [0.25, 0.3) is 20.2 Å². The van der Waals surface area contributed by atoms with E-state index >= 15 is 0 Å². The zero-order chi connectivity index (χ0) is 20.5. The van der Waals surface area contributed by atoms with Crippen LogP contribution in [0.2, 0.25) is 0 Å². The van der Waals surface area contributed by atoms with E-state index in [0.717, 1.165) is 46.5 Å². The largest absolute Gasteiger partial charge is 0.338 e. The highest BCUT2D eigenvalue weighted by Crippen LogP contribution is 2.33. The number of amides is 1. The lowest BCUT2D eigenvalue weighted by Crippen LogP contribution is -2.51. The van der Waals surface area contributed by atoms with Gasteiger partial charge in [0.25, 0.3) is 5.56 Å². The van der Waals surface area contributed by atoms with Crippen molar-refractivity contribution in [1.29, 1.82) is 0 Å². The van der Waals surface area contributed by atoms with Crippen molar-refractivity contribution in [3.8, 4) is 0 Å². The van der Waals surface area contributed by atoms with Crippen LogP contribution in [-0.4, -0.2) is 58.2 Å². The molecule has 0 saturated carbocycles. The summed E-state index contributed by atoms with van der Waals surface area (Å²) in [7, 11) is 0. The number of nitrogens with zero attached hydrogens (tertiary/aromatic N) is 4. The van der Waals surface area contributed by atoms with Gasteiger partial charge in [-0.15, -0.1) is 11.3 Å². The molecule has 0 spiro atoms. The number of benzene rings is 1. The van der Waals surface area contributed by atoms with Gasteiger partial charge in [-0.25, -0.2) is 4.68 Å². The monoisotopic (exact) mass is 412 g/mol. The molecular weight excluding hydrogens is 384 g/mol. The minimum Gasteiger partial charge on any atom is -0.338 e. The number of carbonyl (C=O) groups excluding carboxylic acids is 1. The minimum absolute atomic E-state index is 0.0107. The number of hydrogen-bond donors (Lipinski definition) is 0. The summed E-state index contributed by atoms with van der Waals surface area (Å²) < 4.78 is 3.44. The molecule has 1 aliphatic rings. The minimum atomic E-state index is -0.554. The van der Waals surface area contributed by atoms with Gasteiger partial charge >= 0.3 is 0 Å². The van der Waals surface area contributed by atoms with Crippen molar-refractivity contribution in [2.24, 2.45) is 0 Å². The number of rotatable bonds is 5. The Morgan fingerprint density at radius 1 is 1.17 bits per heavy atom. The van der Waals surface area contributed by atoms with Gasteiger partial charge in [-0.1, -0.05) is 32.0 Å². The van der Waals surface area contributed by atoms with Crippen molar-refractivity contribution < 1.29 is 4.79 Å². The normalized spacial score (nSPS) is 16.6. The highest BCUT2D eigenvalue weighted by atomic mass is 32.1. The van der Waals surface area contributed by atoms with Crippen molar-refractivity contribution in [3.05, 3.63) is 40.3 Å². The fraction of sp³-hybridized carbons (Fsp3) is 0.500. The fourth-order valence-corrected chi connectivity index (χ4v) is 5.40. The smallest absolute Gasteiger partial charge is 0.276 e. The molecule has 2 aromatic heterocycles. The lowest BCUT2D eigenvalue weighted by Gasteiger charge is -2.36. The third-order valence-corrected chi connectivity index (χ3v) is 7.07. The molecule has 1 saturated heterocycles. The fourth-order valence-electron chi connectivity index (χ4n) is 4.26. The molecule has 3 heterocycles. The Hall–Kier alpha value is -2.25. The molecule has 6 nitrogen and oxygen atoms in total. The van der Waals surface area contributed by atoms with Gasteiger partial charge < -0.3 is 4.90 Å². The first-order valence-corrected chi connectivity index (χ1v) is 11.3. The highest BCUT2D eigenvalue weighted by molar-refractivity contribution is 7.26. The lowest BCUT2D eigenvalue weighted by molar-refractivity contribution is -0.137. The standard InChI is InChI=1S/C22H28N4O2S/c1-4-10-24-11-13-25(14-12-24)21(27)17(5-2)26-22(28)19-16-8-6-7-9-18(16)29-20(19)15(3)23-26/h6-9,17H,4-5,10-14H2,1-3H3. The van der Waals surface area contributed by atoms with Crippen LogP contribution in [0.1, 0.15) is 38.4 Å². The molecule has 1 unspecified atom stereocenters. The molecule has 7 heteroatoms. The second-order valence-electron chi connectivity index (χ2n) is 7.73. The molecule has 0 aliphatic carbocycles. The van der Waals surface area contributed by atoms with E-state index < -0.39 is 6.04 Å². The van der Waals surface area contributed by atoms with E-state index in [4.69, 9.17) is 0 Å². The summed E-state index contributed by atoms with van der Waals surface area (Å²) >= 11 is 1.60. The topological polar surface area (TPSA) is 58.4 Å². The van der Waals surface area contributed by atoms with Gasteiger partial charge in [0.2, 0.25) is 5.91 Å². The van der Waals surface area contributed by atoms with Gasteiger partial charge in [0.1, 0.15) is 6.04 Å². The summed E-state index contributed by atoms with van der Waals surface area (Å²) in [4.78, 5) is 31.0. The zero-order valence-electron chi connectivity index (χ0n) is 17.4. The number of hydrogen-bond acceptors (Lipinski definition) is 5. The van der Waals surface area contributed by atoms with Crippen molar-refractivity contribution in [3.63, 3.8) is 0 Å². The van der Waals surface area contributed by atoms with Gasteiger partial charge in [0.05, 0.1) is 15.8 Å². The number of piperazine rings is 1. The number of thiophene rings is 1. The first kappa shape index (κ1) is 20.0. The summed E-state index contributed by atoms with van der Waals surface area (Å²) in [5.74, 6) is 0.0107. The summed E-state index contributed by atoms with van der Waals surface area (Å²) in [5, 5.41) is 6.23. The summed E-state index contributed by atoms with van der Waals surface area (Å²) in [5.41, 5.74) is 0.646. The zero-order valence-corrected chi connectivity index (χ0v) is 18.2. The molecule has 0 N–H and O–H groups in total. The molecule has 1 fully saturated rings. The molecule has 3 aromatic rings. The highest BCUT2D eigenvalue weighted by Gasteiger charge is 2.30. The Morgan fingerprint density at radius 3 is 2.59 bits per heavy atom. The van der Waals surface area contributed by atoms with Crippen LogP contribution in [0.15, 0.2) is 29.1 Å². The van der Waals surface area contributed by atoms with Gasteiger partial charge in [0, 0.05) is 36.3 Å². The van der Waals surface area contributed by atoms with E-state index in [9.17, 15) is 9.59 Å². The van der Waals surface area contributed by atoms with Crippen LogP contribution in [0.4, 0.5) is 0 Å². The van der Waals surface area contributed by atoms with Gasteiger partial charge in [-0.2, -0.15) is 5.10 Å². The molecule has 1 atom stereocenters. The maximum atomic E-state index is 13.4. The van der Waals surface area contributed by atoms with Gasteiger partial charge in [-0.05, 0) is 32.4 Å². The summed E-state index contributed by atoms with van der Waals surface area (Å²) in [6.45, 7) is 10.3. The number of aryl methyl sites for hydroxylation is 1. The van der Waals surface area contributed by atoms with Crippen molar-refractivity contribution in [1.82, 2.24) is 19.6 Å². The van der Waals surface area contributed by atoms with E-state index in [1.165, 1.54) is 4.68 Å². The van der Waals surface area contributed by atoms with E-state index in [0.29, 0.717) is 24.9 Å². The Kier molecular flexibility index (Phi) is 5.69. The van der Waals surface area contributed by atoms with E-state index in [1.54, 1.807) is 11.3 Å². The maximum Gasteiger partial charge on any atom is 0.276 e. The number of carbonyl (C=O) groups is 1. The quantitative estimate of drug-likeness (QED) is 0.644. The first-order valence-electron chi connectivity index (χ1n) is 10.5. The number of aromatic nitrogens is 2. The third-order valence-electron chi connectivity index (χ3n) is 5.79. The second-order valence-corrected chi connectivity index (χ2v) is 8.78. The molecule has 1 aromatic carbocycles. The average molecular weight is 413 g/mol. The van der Waals surface area contributed by atoms with Crippen LogP contribution in [0.3, 0.4) is 0 Å². The van der Waals surface area contributed by atoms with Crippen LogP contribution < -0.4 is 5.56 Å². The van der Waals surface area contributed by atoms with Crippen LogP contribution in [0, 0.1) is 6.92 Å². The summed E-state index contributed by atoms with van der Waals surface area (Å²) in [6, 6.07) is 7.39. The average Bonchev–Trinajstić information content (AvgIpc) is 3.13. The van der Waals surface area contributed by atoms with Crippen molar-refractivity contribution >= 4 is 37.4 Å². The molecule has 154 valence electrons. The number of fused-ring (bicyclic) bond motifs is 3. The second kappa shape index (κ2) is 8.24. The van der Waals surface area contributed by atoms with Crippen LogP contribution in [0.5, 0.6) is 0 Å². The third kappa shape index (κ3) is 3.57. The van der Waals surface area contributed by atoms with Crippen molar-refractivity contribution in [2.75, 3.05) is 32.7 Å². The summed E-state index contributed by atoms with van der Waals surface area (Å²) in [6.07, 6.45) is 1.67. The Balaban J connectivity index is 1.70. The van der Waals surface area contributed by atoms with E-state index in [1.807, 2.05) is 43.0 Å². The Morgan fingerprint density at radius 2 is 1.90 bits per heavy atom. The molecule has 1 amide bonds. The SMILES string of the molecule is CCCN1CCN(C(=O)C(CC)n2nc(C)c3sc4ccccc4c3c2=O)CC1. The van der Waals surface area contributed by atoms with E-state index in [2.05, 4.69) is 16.9 Å². The molecule has 4 rings (SSSR count). The Bertz CT molecular complexity index is 1100. The molecular formula is C22H28N4O2S. The van der Waals surface area contributed by atoms with Gasteiger partial charge in [0.15, 0.2) is 0 Å². The van der Waals surface area contributed by atoms with Crippen LogP contribution in [-0.2, 0) is 4.79 Å². The Labute approximate surface area is 174 Å². The predicted molar refractivity (Wildman–Crippen MR) is 119 cm³/mol. The molecule has 0 radical (unpaired) electrons. The van der Waals surface area contributed by atoms with Crippen LogP contribution >= 0.6 is 11.3 Å². The van der Waals surface area contributed by atoms with Crippen molar-refractivity contribution in [2.45, 2.75) is 39.7 Å². The maximum absolute atomic E-state index is 13.4. The lowest BCUT2D eigenvalue weighted by atomic mass is 10.1. The van der Waals surface area contributed by atoms with Gasteiger partial charge in [-0.3, -0.25) is 14.5 Å². The predicted octanol–water partition coefficient (Wildman–Crippen LogP) is 3.42.